The number of aliphatic carboxylic acids is 1. The molecule has 2 aromatic carbocycles. The number of carboxylic acid groups (broad SMARTS) is 1. The second kappa shape index (κ2) is 12.9. The van der Waals surface area contributed by atoms with Gasteiger partial charge in [0.25, 0.3) is 0 Å². The molecule has 182 valence electrons. The van der Waals surface area contributed by atoms with Crippen molar-refractivity contribution in [3.63, 3.8) is 0 Å². The Labute approximate surface area is 201 Å². The van der Waals surface area contributed by atoms with E-state index in [1.165, 1.54) is 0 Å². The van der Waals surface area contributed by atoms with Crippen LogP contribution in [0, 0.1) is 0 Å². The van der Waals surface area contributed by atoms with Crippen molar-refractivity contribution in [1.29, 1.82) is 0 Å². The standard InChI is InChI=1S/C28H35NO5/c1-2-34-26-13-7-6-12-24(26)21-10-9-11-22(20-21)25(30)17-15-23-16-18-27(31)29(23)19-8-4-3-5-14-28(32)33/h6-7,9-13,15,17,20,23,25,30H,2-5,8,14,16,18-19H2,1H3,(H,32,33)/t23-,25?/m0/s1. The number of benzene rings is 2. The number of carboxylic acids is 1. The monoisotopic (exact) mass is 465 g/mol. The minimum atomic E-state index is -0.771. The third-order valence-corrected chi connectivity index (χ3v) is 6.16. The van der Waals surface area contributed by atoms with E-state index in [1.54, 1.807) is 6.08 Å². The van der Waals surface area contributed by atoms with E-state index in [4.69, 9.17) is 9.84 Å². The first-order valence-electron chi connectivity index (χ1n) is 12.2. The molecule has 0 saturated carbocycles. The summed E-state index contributed by atoms with van der Waals surface area (Å²) in [5.74, 6) is 0.196. The second-order valence-corrected chi connectivity index (χ2v) is 8.64. The number of aliphatic hydroxyl groups excluding tert-OH is 1. The number of amides is 1. The van der Waals surface area contributed by atoms with Gasteiger partial charge in [0, 0.05) is 24.9 Å². The predicted molar refractivity (Wildman–Crippen MR) is 133 cm³/mol. The summed E-state index contributed by atoms with van der Waals surface area (Å²) in [7, 11) is 0. The van der Waals surface area contributed by atoms with Gasteiger partial charge in [0.05, 0.1) is 18.8 Å². The molecule has 34 heavy (non-hydrogen) atoms. The van der Waals surface area contributed by atoms with Crippen molar-refractivity contribution in [2.24, 2.45) is 0 Å². The lowest BCUT2D eigenvalue weighted by Gasteiger charge is -2.22. The summed E-state index contributed by atoms with van der Waals surface area (Å²) in [6.07, 6.45) is 7.72. The van der Waals surface area contributed by atoms with Gasteiger partial charge in [-0.15, -0.1) is 0 Å². The first kappa shape index (κ1) is 25.5. The molecule has 0 aromatic heterocycles. The molecule has 6 heteroatoms. The smallest absolute Gasteiger partial charge is 0.303 e. The summed E-state index contributed by atoms with van der Waals surface area (Å²) >= 11 is 0. The Hall–Kier alpha value is -3.12. The molecule has 2 aromatic rings. The highest BCUT2D eigenvalue weighted by Gasteiger charge is 2.28. The van der Waals surface area contributed by atoms with Gasteiger partial charge in [-0.1, -0.05) is 61.4 Å². The fourth-order valence-corrected chi connectivity index (χ4v) is 4.38. The van der Waals surface area contributed by atoms with Gasteiger partial charge >= 0.3 is 5.97 Å². The van der Waals surface area contributed by atoms with Crippen LogP contribution in [0.15, 0.2) is 60.7 Å². The van der Waals surface area contributed by atoms with Gasteiger partial charge in [-0.3, -0.25) is 9.59 Å². The van der Waals surface area contributed by atoms with Crippen LogP contribution in [0.2, 0.25) is 0 Å². The van der Waals surface area contributed by atoms with Gasteiger partial charge in [-0.25, -0.2) is 0 Å². The number of para-hydroxylation sites is 1. The number of likely N-dealkylation sites (tertiary alicyclic amines) is 1. The Morgan fingerprint density at radius 3 is 2.74 bits per heavy atom. The first-order valence-corrected chi connectivity index (χ1v) is 12.2. The number of hydrogen-bond acceptors (Lipinski definition) is 4. The fraction of sp³-hybridized carbons (Fsp3) is 0.429. The van der Waals surface area contributed by atoms with Gasteiger partial charge in [-0.05, 0) is 49.4 Å². The number of rotatable bonds is 13. The van der Waals surface area contributed by atoms with E-state index in [0.29, 0.717) is 26.0 Å². The summed E-state index contributed by atoms with van der Waals surface area (Å²) in [6.45, 7) is 3.21. The maximum absolute atomic E-state index is 12.3. The molecule has 1 unspecified atom stereocenters. The molecular formula is C28H35NO5. The molecule has 2 N–H and O–H groups in total. The Morgan fingerprint density at radius 1 is 1.15 bits per heavy atom. The van der Waals surface area contributed by atoms with Crippen LogP contribution in [-0.4, -0.2) is 46.2 Å². The van der Waals surface area contributed by atoms with Gasteiger partial charge in [0.15, 0.2) is 0 Å². The van der Waals surface area contributed by atoms with Gasteiger partial charge < -0.3 is 19.8 Å². The van der Waals surface area contributed by atoms with E-state index >= 15 is 0 Å². The number of carbonyl (C=O) groups is 2. The fourth-order valence-electron chi connectivity index (χ4n) is 4.38. The summed E-state index contributed by atoms with van der Waals surface area (Å²) in [5.41, 5.74) is 2.75. The summed E-state index contributed by atoms with van der Waals surface area (Å²) < 4.78 is 5.75. The second-order valence-electron chi connectivity index (χ2n) is 8.64. The van der Waals surface area contributed by atoms with Gasteiger partial charge in [-0.2, -0.15) is 0 Å². The van der Waals surface area contributed by atoms with Crippen LogP contribution < -0.4 is 4.74 Å². The quantitative estimate of drug-likeness (QED) is 0.307. The maximum Gasteiger partial charge on any atom is 0.303 e. The van der Waals surface area contributed by atoms with E-state index < -0.39 is 12.1 Å². The highest BCUT2D eigenvalue weighted by molar-refractivity contribution is 5.79. The number of ether oxygens (including phenoxy) is 1. The molecule has 1 amide bonds. The highest BCUT2D eigenvalue weighted by atomic mass is 16.5. The maximum atomic E-state index is 12.3. The molecular weight excluding hydrogens is 430 g/mol. The largest absolute Gasteiger partial charge is 0.493 e. The van der Waals surface area contributed by atoms with Crippen LogP contribution in [0.25, 0.3) is 11.1 Å². The zero-order valence-corrected chi connectivity index (χ0v) is 19.9. The number of nitrogens with zero attached hydrogens (tertiary/aromatic N) is 1. The van der Waals surface area contributed by atoms with Crippen LogP contribution in [0.3, 0.4) is 0 Å². The van der Waals surface area contributed by atoms with Crippen molar-refractivity contribution in [3.05, 3.63) is 66.2 Å². The molecule has 2 atom stereocenters. The van der Waals surface area contributed by atoms with Crippen LogP contribution in [0.1, 0.15) is 63.5 Å². The number of aliphatic hydroxyl groups is 1. The minimum Gasteiger partial charge on any atom is -0.493 e. The number of unbranched alkanes of at least 4 members (excludes halogenated alkanes) is 3. The Kier molecular flexibility index (Phi) is 9.71. The lowest BCUT2D eigenvalue weighted by Crippen LogP contribution is -2.32. The lowest BCUT2D eigenvalue weighted by atomic mass is 9.99. The molecule has 1 heterocycles. The van der Waals surface area contributed by atoms with Crippen LogP contribution >= 0.6 is 0 Å². The van der Waals surface area contributed by atoms with Crippen LogP contribution in [-0.2, 0) is 9.59 Å². The van der Waals surface area contributed by atoms with Crippen molar-refractivity contribution < 1.29 is 24.5 Å². The molecule has 0 radical (unpaired) electrons. The summed E-state index contributed by atoms with van der Waals surface area (Å²) in [6, 6.07) is 15.7. The molecule has 1 aliphatic heterocycles. The Bertz CT molecular complexity index is 986. The average molecular weight is 466 g/mol. The molecule has 3 rings (SSSR count). The average Bonchev–Trinajstić information content (AvgIpc) is 3.19. The number of carbonyl (C=O) groups excluding carboxylic acids is 1. The predicted octanol–water partition coefficient (Wildman–Crippen LogP) is 5.37. The molecule has 1 aliphatic rings. The van der Waals surface area contributed by atoms with Crippen molar-refractivity contribution in [2.45, 2.75) is 64.0 Å². The lowest BCUT2D eigenvalue weighted by molar-refractivity contribution is -0.137. The zero-order valence-electron chi connectivity index (χ0n) is 19.9. The third-order valence-electron chi connectivity index (χ3n) is 6.16. The molecule has 1 fully saturated rings. The van der Waals surface area contributed by atoms with Crippen molar-refractivity contribution >= 4 is 11.9 Å². The van der Waals surface area contributed by atoms with Crippen LogP contribution in [0.5, 0.6) is 5.75 Å². The van der Waals surface area contributed by atoms with Crippen molar-refractivity contribution in [1.82, 2.24) is 4.90 Å². The minimum absolute atomic E-state index is 0.0111. The van der Waals surface area contributed by atoms with Crippen molar-refractivity contribution in [3.8, 4) is 16.9 Å². The Morgan fingerprint density at radius 2 is 1.94 bits per heavy atom. The topological polar surface area (TPSA) is 87.1 Å². The van der Waals surface area contributed by atoms with Gasteiger partial charge in [0.1, 0.15) is 5.75 Å². The molecule has 0 aliphatic carbocycles. The Balaban J connectivity index is 1.60. The van der Waals surface area contributed by atoms with E-state index in [1.807, 2.05) is 66.4 Å². The number of hydrogen-bond donors (Lipinski definition) is 2. The molecule has 1 saturated heterocycles. The van der Waals surface area contributed by atoms with E-state index in [0.717, 1.165) is 48.1 Å². The zero-order chi connectivity index (χ0) is 24.3. The summed E-state index contributed by atoms with van der Waals surface area (Å²) in [5, 5.41) is 19.5. The normalized spacial score (nSPS) is 16.8. The highest BCUT2D eigenvalue weighted by Crippen LogP contribution is 2.32. The third kappa shape index (κ3) is 7.19. The van der Waals surface area contributed by atoms with Gasteiger partial charge in [0.2, 0.25) is 5.91 Å². The molecule has 0 bridgehead atoms. The molecule has 6 nitrogen and oxygen atoms in total. The SMILES string of the molecule is CCOc1ccccc1-c1cccc(C(O)C=C[C@H]2CCC(=O)N2CCCCCCC(=O)O)c1. The van der Waals surface area contributed by atoms with Crippen LogP contribution in [0.4, 0.5) is 0 Å². The van der Waals surface area contributed by atoms with Crippen molar-refractivity contribution in [2.75, 3.05) is 13.2 Å². The summed E-state index contributed by atoms with van der Waals surface area (Å²) in [4.78, 5) is 24.8. The van der Waals surface area contributed by atoms with E-state index in [-0.39, 0.29) is 18.4 Å². The van der Waals surface area contributed by atoms with E-state index in [9.17, 15) is 14.7 Å². The molecule has 0 spiro atoms. The first-order chi connectivity index (χ1) is 16.5. The van der Waals surface area contributed by atoms with E-state index in [2.05, 4.69) is 0 Å².